The number of rotatable bonds is 10. The molecule has 0 saturated carbocycles. The summed E-state index contributed by atoms with van der Waals surface area (Å²) in [6.07, 6.45) is 13.5. The van der Waals surface area contributed by atoms with Crippen molar-refractivity contribution in [3.8, 4) is 23.0 Å². The zero-order chi connectivity index (χ0) is 46.4. The Balaban J connectivity index is 0.00000102. The van der Waals surface area contributed by atoms with Crippen LogP contribution in [0.3, 0.4) is 0 Å². The first kappa shape index (κ1) is 58.1. The van der Waals surface area contributed by atoms with E-state index >= 15 is 0 Å². The van der Waals surface area contributed by atoms with Crippen molar-refractivity contribution in [1.29, 1.82) is 15.8 Å². The smallest absolute Gasteiger partial charge is 0.872 e. The first-order valence-electron chi connectivity index (χ1n) is 19.7. The van der Waals surface area contributed by atoms with E-state index in [0.717, 1.165) is 52.7 Å². The van der Waals surface area contributed by atoms with Crippen LogP contribution in [0.4, 0.5) is 0 Å². The molecule has 0 fully saturated rings. The first-order valence-corrected chi connectivity index (χ1v) is 19.7. The number of hydrogen-bond donors (Lipinski definition) is 2. The van der Waals surface area contributed by atoms with Crippen LogP contribution in [0, 0.1) is 56.3 Å². The van der Waals surface area contributed by atoms with Crippen LogP contribution in [0.25, 0.3) is 0 Å². The summed E-state index contributed by atoms with van der Waals surface area (Å²) in [5, 5.41) is 71.2. The standard InChI is InChI=1S/C21H27BN6.C18H20N2O4.3CN.2CH4O.Fe.Mn/c1-13-16-7-4-10-19(16)26(23-13)22(27-20-11-5-8-17(20)14(2)24-27)28-21-12-6-9-18(21)15(3)25-28;1-23-15-3-5-17(21)13(9-15)11-19-7-8-20-12-14-10-16(24-2)4-6-18(14)22;5*1-2;;/h4-12H2,1-3H3;3-6,9-12,21-22H,7-8H2,1-2H3;;;;2*2H,1H3;;/q-1;;3*-1;;;2*+3/p-2. The van der Waals surface area contributed by atoms with Crippen molar-refractivity contribution in [2.24, 2.45) is 9.98 Å². The molecule has 0 aliphatic heterocycles. The van der Waals surface area contributed by atoms with Crippen LogP contribution in [0.5, 0.6) is 23.0 Å². The average molecular weight is 954 g/mol. The van der Waals surface area contributed by atoms with Crippen LogP contribution in [0.2, 0.25) is 0 Å². The largest absolute Gasteiger partial charge is 3.00 e. The molecule has 0 spiro atoms. The Morgan fingerprint density at radius 3 is 1.19 bits per heavy atom. The van der Waals surface area contributed by atoms with E-state index in [1.165, 1.54) is 109 Å². The minimum atomic E-state index is -0.115. The van der Waals surface area contributed by atoms with Crippen LogP contribution >= 0.6 is 0 Å². The third kappa shape index (κ3) is 13.8. The molecule has 3 aromatic heterocycles. The maximum atomic E-state index is 11.7. The fourth-order valence-electron chi connectivity index (χ4n) is 7.79. The normalized spacial score (nSPS) is 12.2. The molecule has 20 heteroatoms. The minimum Gasteiger partial charge on any atom is -0.872 e. The van der Waals surface area contributed by atoms with Gasteiger partial charge in [0.2, 0.25) is 0 Å². The molecule has 0 atom stereocenters. The molecule has 3 aliphatic rings. The van der Waals surface area contributed by atoms with Crippen LogP contribution in [0.1, 0.15) is 81.2 Å². The van der Waals surface area contributed by atoms with E-state index < -0.39 is 0 Å². The molecular weight excluding hydrogens is 900 g/mol. The Morgan fingerprint density at radius 1 is 0.609 bits per heavy atom. The van der Waals surface area contributed by atoms with Gasteiger partial charge in [-0.1, -0.05) is 23.6 Å². The van der Waals surface area contributed by atoms with Crippen LogP contribution < -0.4 is 19.7 Å². The molecule has 338 valence electrons. The second-order valence-electron chi connectivity index (χ2n) is 13.7. The molecule has 2 aromatic carbocycles. The molecule has 0 bridgehead atoms. The summed E-state index contributed by atoms with van der Waals surface area (Å²) in [6, 6.07) is 9.37. The van der Waals surface area contributed by atoms with E-state index in [1.807, 2.05) is 0 Å². The van der Waals surface area contributed by atoms with E-state index in [-0.39, 0.29) is 52.8 Å². The number of aromatic nitrogens is 6. The Morgan fingerprint density at radius 2 is 0.906 bits per heavy atom. The predicted molar refractivity (Wildman–Crippen MR) is 230 cm³/mol. The maximum absolute atomic E-state index is 11.7. The number of aryl methyl sites for hydroxylation is 3. The number of ether oxygens (including phenoxy) is 2. The number of hydrogen-bond acceptors (Lipinski definition) is 14. The summed E-state index contributed by atoms with van der Waals surface area (Å²) in [5.74, 6) is 0.982. The summed E-state index contributed by atoms with van der Waals surface area (Å²) in [6.45, 7) is 21.6. The predicted octanol–water partition coefficient (Wildman–Crippen LogP) is 3.49. The fourth-order valence-corrected chi connectivity index (χ4v) is 7.79. The summed E-state index contributed by atoms with van der Waals surface area (Å²) in [5.41, 5.74) is 13.0. The van der Waals surface area contributed by atoms with Crippen LogP contribution in [-0.2, 0) is 72.7 Å². The van der Waals surface area contributed by atoms with E-state index in [0.29, 0.717) is 35.7 Å². The minimum absolute atomic E-state index is 0. The molecule has 17 nitrogen and oxygen atoms in total. The Labute approximate surface area is 397 Å². The summed E-state index contributed by atoms with van der Waals surface area (Å²) >= 11 is 0. The van der Waals surface area contributed by atoms with Gasteiger partial charge < -0.3 is 79.2 Å². The van der Waals surface area contributed by atoms with Gasteiger partial charge in [-0.25, -0.2) is 15.3 Å². The first-order chi connectivity index (χ1) is 30.3. The Kier molecular flexibility index (Phi) is 27.4. The van der Waals surface area contributed by atoms with Crippen molar-refractivity contribution in [3.63, 3.8) is 0 Å². The number of fused-ring (bicyclic) bond motifs is 3. The van der Waals surface area contributed by atoms with Gasteiger partial charge in [-0.05, 0) is 148 Å². The zero-order valence-electron chi connectivity index (χ0n) is 37.2. The molecule has 2 radical (unpaired) electrons. The van der Waals surface area contributed by atoms with Crippen molar-refractivity contribution < 1.29 is 64.0 Å². The number of benzene rings is 2. The molecule has 0 unspecified atom stereocenters. The van der Waals surface area contributed by atoms with Gasteiger partial charge in [-0.15, -0.1) is 0 Å². The molecule has 64 heavy (non-hydrogen) atoms. The van der Waals surface area contributed by atoms with Gasteiger partial charge in [0, 0.05) is 26.6 Å². The molecule has 8 rings (SSSR count). The molecule has 0 amide bonds. The van der Waals surface area contributed by atoms with Gasteiger partial charge in [-0.3, -0.25) is 9.98 Å². The second kappa shape index (κ2) is 30.2. The third-order valence-corrected chi connectivity index (χ3v) is 10.4. The molecule has 0 saturated heterocycles. The SMILES string of the molecule is CO.CO.COc1ccc([O-])c(C=NCCN=Cc2cc(OC)ccc2[O-])c1.Cc1nn([B-](n2nc(C)c3c2CCC3)n2nc(C)c3c2CCC3)c2c1CCC2.[C-]#N.[C-]#N.[C-]#N.[Fe+3].[Mn+3]. The molecule has 2 N–H and O–H groups in total. The quantitative estimate of drug-likeness (QED) is 0.0884. The maximum Gasteiger partial charge on any atom is 3.00 e. The van der Waals surface area contributed by atoms with Gasteiger partial charge >= 0.3 is 34.1 Å². The van der Waals surface area contributed by atoms with Gasteiger partial charge in [0.05, 0.1) is 44.4 Å². The van der Waals surface area contributed by atoms with Gasteiger partial charge in [-0.2, -0.15) is 0 Å². The van der Waals surface area contributed by atoms with Crippen LogP contribution in [0.15, 0.2) is 46.4 Å². The van der Waals surface area contributed by atoms with Gasteiger partial charge in [0.1, 0.15) is 11.5 Å². The zero-order valence-corrected chi connectivity index (χ0v) is 39.4. The van der Waals surface area contributed by atoms with Crippen molar-refractivity contribution in [1.82, 2.24) is 29.1 Å². The topological polar surface area (TPSA) is 255 Å². The van der Waals surface area contributed by atoms with E-state index in [2.05, 4.69) is 44.5 Å². The van der Waals surface area contributed by atoms with Crippen molar-refractivity contribution >= 4 is 19.5 Å². The van der Waals surface area contributed by atoms with Crippen molar-refractivity contribution in [2.75, 3.05) is 41.5 Å². The number of nitrogens with zero attached hydrogens (tertiary/aromatic N) is 11. The third-order valence-electron chi connectivity index (χ3n) is 10.4. The molecular formula is C44H53BFeMnN11O6. The summed E-state index contributed by atoms with van der Waals surface area (Å²) in [7, 11) is 4.97. The van der Waals surface area contributed by atoms with E-state index in [1.54, 1.807) is 24.3 Å². The average Bonchev–Trinajstić information content (AvgIpc) is 4.19. The van der Waals surface area contributed by atoms with Crippen molar-refractivity contribution in [2.45, 2.75) is 78.6 Å². The fraction of sp³-hybridized carbons (Fsp3) is 0.409. The van der Waals surface area contributed by atoms with E-state index in [9.17, 15) is 10.2 Å². The number of aliphatic imine (C=N–C) groups is 2. The van der Waals surface area contributed by atoms with Gasteiger partial charge in [0.15, 0.2) is 0 Å². The summed E-state index contributed by atoms with van der Waals surface area (Å²) in [4.78, 5) is 8.34. The number of aliphatic hydroxyl groups is 2. The second-order valence-corrected chi connectivity index (χ2v) is 13.7. The monoisotopic (exact) mass is 953 g/mol. The molecule has 5 aromatic rings. The van der Waals surface area contributed by atoms with Crippen LogP contribution in [-0.4, -0.2) is 100 Å². The van der Waals surface area contributed by atoms with E-state index in [4.69, 9.17) is 70.5 Å². The molecule has 3 heterocycles. The number of aliphatic hydroxyl groups excluding tert-OH is 2. The Hall–Kier alpha value is -5.90. The molecule has 3 aliphatic carbocycles. The van der Waals surface area contributed by atoms with Crippen molar-refractivity contribution in [3.05, 3.63) is 118 Å². The number of methoxy groups -OCH3 is 2. The Bertz CT molecular complexity index is 2100. The summed E-state index contributed by atoms with van der Waals surface area (Å²) < 4.78 is 16.9. The van der Waals surface area contributed by atoms with Gasteiger partial charge in [0.25, 0.3) is 7.12 Å².